The third kappa shape index (κ3) is 6.23. The van der Waals surface area contributed by atoms with Crippen LogP contribution in [0.15, 0.2) is 42.5 Å². The summed E-state index contributed by atoms with van der Waals surface area (Å²) in [6, 6.07) is 10.5. The average Bonchev–Trinajstić information content (AvgIpc) is 3.54. The number of piperidine rings is 2. The molecular weight excluding hydrogens is 735 g/mol. The number of phenolic OH excluding ortho intramolecular Hbond substituents is 1. The van der Waals surface area contributed by atoms with Crippen LogP contribution in [-0.2, 0) is 36.4 Å². The quantitative estimate of drug-likeness (QED) is 0.235. The van der Waals surface area contributed by atoms with Crippen molar-refractivity contribution in [2.45, 2.75) is 43.1 Å². The molecule has 8 rings (SSSR count). The molecule has 19 heteroatoms. The Morgan fingerprint density at radius 2 is 1.83 bits per heavy atom. The summed E-state index contributed by atoms with van der Waals surface area (Å²) >= 11 is 0. The van der Waals surface area contributed by atoms with Crippen LogP contribution >= 0.6 is 0 Å². The van der Waals surface area contributed by atoms with Crippen LogP contribution in [0.1, 0.15) is 42.4 Å². The number of nitrogens with one attached hydrogen (secondary N) is 2. The van der Waals surface area contributed by atoms with E-state index in [9.17, 15) is 32.7 Å². The first kappa shape index (κ1) is 35.6. The zero-order valence-corrected chi connectivity index (χ0v) is 29.5. The van der Waals surface area contributed by atoms with Crippen molar-refractivity contribution in [3.05, 3.63) is 59.5 Å². The van der Waals surface area contributed by atoms with Crippen molar-refractivity contribution in [3.8, 4) is 11.5 Å². The van der Waals surface area contributed by atoms with Gasteiger partial charge < -0.3 is 14.7 Å². The van der Waals surface area contributed by atoms with Crippen molar-refractivity contribution in [3.63, 3.8) is 0 Å². The van der Waals surface area contributed by atoms with Gasteiger partial charge in [-0.3, -0.25) is 34.1 Å². The molecule has 4 aromatic rings. The number of halogens is 3. The number of alkyl halides is 2. The molecule has 3 N–H and O–H groups in total. The van der Waals surface area contributed by atoms with Crippen molar-refractivity contribution < 1.29 is 50.6 Å². The van der Waals surface area contributed by atoms with Crippen LogP contribution in [0.4, 0.5) is 18.9 Å². The van der Waals surface area contributed by atoms with Gasteiger partial charge in [0.2, 0.25) is 17.7 Å². The molecule has 2 unspecified atom stereocenters. The molecule has 0 bridgehead atoms. The molecule has 284 valence electrons. The van der Waals surface area contributed by atoms with Crippen LogP contribution in [0.3, 0.4) is 0 Å². The van der Waals surface area contributed by atoms with E-state index in [0.717, 1.165) is 0 Å². The fraction of sp³-hybridized carbons (Fsp3) is 0.400. The van der Waals surface area contributed by atoms with E-state index in [4.69, 9.17) is 4.74 Å². The highest BCUT2D eigenvalue weighted by Crippen LogP contribution is 2.43. The summed E-state index contributed by atoms with van der Waals surface area (Å²) in [5.74, 6) is -8.38. The number of anilines is 1. The van der Waals surface area contributed by atoms with Gasteiger partial charge in [-0.05, 0) is 54.6 Å². The lowest BCUT2D eigenvalue weighted by Crippen LogP contribution is -2.59. The molecule has 4 amide bonds. The fourth-order valence-electron chi connectivity index (χ4n) is 7.75. The van der Waals surface area contributed by atoms with Crippen molar-refractivity contribution in [1.29, 1.82) is 0 Å². The number of hydrogen-bond donors (Lipinski definition) is 3. The molecule has 3 aromatic carbocycles. The topological polar surface area (TPSA) is 183 Å². The number of carbonyl (C=O) groups is 4. The summed E-state index contributed by atoms with van der Waals surface area (Å²) in [5, 5.41) is 18.1. The van der Waals surface area contributed by atoms with Crippen LogP contribution in [0.25, 0.3) is 21.7 Å². The van der Waals surface area contributed by atoms with E-state index in [1.54, 1.807) is 34.7 Å². The summed E-state index contributed by atoms with van der Waals surface area (Å²) in [6.07, 6.45) is 0.134. The molecule has 15 nitrogen and oxygen atoms in total. The molecule has 0 aliphatic carbocycles. The summed E-state index contributed by atoms with van der Waals surface area (Å²) in [6.45, 7) is -0.944. The lowest BCUT2D eigenvalue weighted by molar-refractivity contribution is -0.144. The number of phenols is 1. The maximum absolute atomic E-state index is 15.7. The number of fused-ring (bicyclic) bond motifs is 2. The molecular formula is C35H34F3N7O8S. The van der Waals surface area contributed by atoms with Gasteiger partial charge >= 0.3 is 10.2 Å². The highest BCUT2D eigenvalue weighted by Gasteiger charge is 2.46. The molecule has 5 heterocycles. The Hall–Kier alpha value is -5.43. The highest BCUT2D eigenvalue weighted by molar-refractivity contribution is 7.92. The third-order valence-corrected chi connectivity index (χ3v) is 11.9. The van der Waals surface area contributed by atoms with Gasteiger partial charge in [-0.2, -0.15) is 13.5 Å². The minimum atomic E-state index is -4.39. The fourth-order valence-corrected chi connectivity index (χ4v) is 8.91. The van der Waals surface area contributed by atoms with E-state index in [1.807, 2.05) is 0 Å². The number of aromatic hydroxyl groups is 1. The van der Waals surface area contributed by atoms with E-state index in [-0.39, 0.29) is 67.4 Å². The number of rotatable bonds is 7. The Balaban J connectivity index is 0.880. The number of nitrogens with zero attached hydrogens (tertiary/aromatic N) is 5. The van der Waals surface area contributed by atoms with E-state index in [2.05, 4.69) is 10.4 Å². The van der Waals surface area contributed by atoms with E-state index in [1.165, 1.54) is 34.1 Å². The van der Waals surface area contributed by atoms with Crippen LogP contribution < -0.4 is 19.1 Å². The van der Waals surface area contributed by atoms with Crippen molar-refractivity contribution in [1.82, 2.24) is 29.6 Å². The minimum Gasteiger partial charge on any atom is -0.506 e. The largest absolute Gasteiger partial charge is 0.506 e. The molecule has 0 spiro atoms. The highest BCUT2D eigenvalue weighted by atomic mass is 32.2. The number of aryl methyl sites for hydroxylation is 1. The molecule has 1 aromatic heterocycles. The monoisotopic (exact) mass is 769 g/mol. The number of carbonyl (C=O) groups excluding carboxylic acids is 4. The summed E-state index contributed by atoms with van der Waals surface area (Å²) in [5.41, 5.74) is 0.844. The van der Waals surface area contributed by atoms with Crippen molar-refractivity contribution in [2.24, 2.45) is 7.05 Å². The number of benzene rings is 3. The predicted octanol–water partition coefficient (Wildman–Crippen LogP) is 1.99. The smallest absolute Gasteiger partial charge is 0.326 e. The van der Waals surface area contributed by atoms with Crippen molar-refractivity contribution in [2.75, 3.05) is 43.6 Å². The average molecular weight is 770 g/mol. The van der Waals surface area contributed by atoms with E-state index in [0.29, 0.717) is 32.9 Å². The van der Waals surface area contributed by atoms with Gasteiger partial charge in [0.05, 0.1) is 49.2 Å². The van der Waals surface area contributed by atoms with Crippen LogP contribution in [0.5, 0.6) is 11.5 Å². The second-order valence-corrected chi connectivity index (χ2v) is 15.7. The van der Waals surface area contributed by atoms with Crippen LogP contribution in [0.2, 0.25) is 0 Å². The van der Waals surface area contributed by atoms with Crippen LogP contribution in [-0.4, -0.2) is 108 Å². The molecule has 4 fully saturated rings. The first-order chi connectivity index (χ1) is 25.6. The van der Waals surface area contributed by atoms with E-state index >= 15 is 13.2 Å². The molecule has 0 radical (unpaired) electrons. The molecule has 0 saturated carbocycles. The maximum Gasteiger partial charge on any atom is 0.326 e. The number of hydrogen-bond acceptors (Lipinski definition) is 10. The van der Waals surface area contributed by atoms with Gasteiger partial charge in [0, 0.05) is 24.2 Å². The second kappa shape index (κ2) is 12.9. The van der Waals surface area contributed by atoms with Gasteiger partial charge in [-0.1, -0.05) is 18.2 Å². The standard InChI is InChI=1S/C35H34F3N7O8S/c1-42-26-10-19(3-5-22(26)32(40-42)23-6-7-28(47)39-34(23)50)25-8-9-43(17-35(25,37)38)16-30(49)44-13-21(14-44)53-20-4-2-18-11-27(46)33(31(36)24(18)12-20)45-15-29(48)41-54(45,51)52/h2-5,10-12,21,23,25,46H,6-9,13-17H2,1H3,(H,41,48)(H,39,47,50). The van der Waals surface area contributed by atoms with Crippen molar-refractivity contribution >= 4 is 61.2 Å². The minimum absolute atomic E-state index is 0.0661. The molecule has 2 atom stereocenters. The van der Waals surface area contributed by atoms with E-state index < -0.39 is 76.2 Å². The van der Waals surface area contributed by atoms with Gasteiger partial charge in [-0.15, -0.1) is 0 Å². The Bertz CT molecular complexity index is 2380. The molecule has 4 aliphatic rings. The van der Waals surface area contributed by atoms with Gasteiger partial charge in [0.25, 0.3) is 11.8 Å². The Labute approximate surface area is 305 Å². The Kier molecular flexibility index (Phi) is 8.48. The zero-order chi connectivity index (χ0) is 38.3. The Morgan fingerprint density at radius 3 is 2.54 bits per heavy atom. The van der Waals surface area contributed by atoms with Gasteiger partial charge in [0.1, 0.15) is 29.8 Å². The molecule has 4 saturated heterocycles. The zero-order valence-electron chi connectivity index (χ0n) is 28.7. The number of likely N-dealkylation sites (tertiary alicyclic amines) is 2. The van der Waals surface area contributed by atoms with Gasteiger partial charge in [-0.25, -0.2) is 22.2 Å². The number of imide groups is 1. The molecule has 54 heavy (non-hydrogen) atoms. The lowest BCUT2D eigenvalue weighted by Gasteiger charge is -2.42. The SMILES string of the molecule is Cn1nc(C2CCC(=O)NC2=O)c2ccc(C3CCN(CC(=O)N4CC(Oc5ccc6cc(O)c(N7CC(=O)NS7(=O)=O)c(F)c6c5)C4)CC3(F)F)cc21. The van der Waals surface area contributed by atoms with Crippen LogP contribution in [0, 0.1) is 5.82 Å². The number of amides is 4. The molecule has 4 aliphatic heterocycles. The lowest BCUT2D eigenvalue weighted by atomic mass is 9.85. The normalized spacial score (nSPS) is 23.1. The maximum atomic E-state index is 15.7. The number of ether oxygens (including phenoxy) is 1. The third-order valence-electron chi connectivity index (χ3n) is 10.5. The first-order valence-corrected chi connectivity index (χ1v) is 18.7. The van der Waals surface area contributed by atoms with Gasteiger partial charge in [0.15, 0.2) is 5.82 Å². The summed E-state index contributed by atoms with van der Waals surface area (Å²) < 4.78 is 81.2. The Morgan fingerprint density at radius 1 is 1.06 bits per heavy atom. The summed E-state index contributed by atoms with van der Waals surface area (Å²) in [7, 11) is -2.71. The summed E-state index contributed by atoms with van der Waals surface area (Å²) in [4.78, 5) is 51.8. The second-order valence-electron chi connectivity index (χ2n) is 14.1. The predicted molar refractivity (Wildman–Crippen MR) is 186 cm³/mol. The number of aromatic nitrogens is 2. The first-order valence-electron chi connectivity index (χ1n) is 17.2.